The Labute approximate surface area is 108 Å². The molecule has 0 spiro atoms. The normalized spacial score (nSPS) is 10.2. The number of benzene rings is 1. The Morgan fingerprint density at radius 2 is 2.06 bits per heavy atom. The second-order valence-corrected chi connectivity index (χ2v) is 5.99. The standard InChI is InChI=1S/C12H12N2OS2/c1-8-3-5-10(6-4-8)16-11-7-13-12(17-11)14-9(2)15/h3-7H,1-2H3,(H,13,14,15). The molecule has 88 valence electrons. The molecule has 1 aromatic carbocycles. The molecule has 0 aliphatic rings. The topological polar surface area (TPSA) is 42.0 Å². The van der Waals surface area contributed by atoms with Gasteiger partial charge in [0.25, 0.3) is 0 Å². The van der Waals surface area contributed by atoms with Crippen molar-refractivity contribution in [3.63, 3.8) is 0 Å². The van der Waals surface area contributed by atoms with Gasteiger partial charge in [-0.3, -0.25) is 4.79 Å². The maximum atomic E-state index is 10.9. The highest BCUT2D eigenvalue weighted by Gasteiger charge is 2.04. The van der Waals surface area contributed by atoms with Gasteiger partial charge < -0.3 is 5.32 Å². The quantitative estimate of drug-likeness (QED) is 0.921. The smallest absolute Gasteiger partial charge is 0.223 e. The number of thiazole rings is 1. The molecule has 17 heavy (non-hydrogen) atoms. The van der Waals surface area contributed by atoms with Gasteiger partial charge in [-0.1, -0.05) is 40.8 Å². The van der Waals surface area contributed by atoms with E-state index >= 15 is 0 Å². The number of nitrogens with zero attached hydrogens (tertiary/aromatic N) is 1. The Hall–Kier alpha value is -1.33. The maximum absolute atomic E-state index is 10.9. The lowest BCUT2D eigenvalue weighted by Crippen LogP contribution is -2.04. The summed E-state index contributed by atoms with van der Waals surface area (Å²) in [6.07, 6.45) is 1.78. The predicted octanol–water partition coefficient (Wildman–Crippen LogP) is 3.56. The third-order valence-corrected chi connectivity index (χ3v) is 4.03. The molecule has 0 aliphatic carbocycles. The Bertz CT molecular complexity index is 520. The van der Waals surface area contributed by atoms with Crippen LogP contribution in [0.1, 0.15) is 12.5 Å². The second-order valence-electron chi connectivity index (χ2n) is 3.58. The van der Waals surface area contributed by atoms with E-state index in [1.165, 1.54) is 28.7 Å². The van der Waals surface area contributed by atoms with Crippen molar-refractivity contribution in [1.82, 2.24) is 4.98 Å². The van der Waals surface area contributed by atoms with Crippen LogP contribution < -0.4 is 5.32 Å². The molecule has 1 N–H and O–H groups in total. The minimum atomic E-state index is -0.0914. The van der Waals surface area contributed by atoms with Crippen LogP contribution in [0, 0.1) is 6.92 Å². The molecule has 0 unspecified atom stereocenters. The third-order valence-electron chi connectivity index (χ3n) is 2.01. The van der Waals surface area contributed by atoms with Gasteiger partial charge in [0, 0.05) is 11.8 Å². The average molecular weight is 264 g/mol. The highest BCUT2D eigenvalue weighted by Crippen LogP contribution is 2.33. The second kappa shape index (κ2) is 5.33. The molecule has 1 heterocycles. The van der Waals surface area contributed by atoms with Gasteiger partial charge in [0.2, 0.25) is 5.91 Å². The molecule has 1 aromatic heterocycles. The number of amides is 1. The van der Waals surface area contributed by atoms with Crippen LogP contribution in [0.4, 0.5) is 5.13 Å². The Morgan fingerprint density at radius 1 is 1.35 bits per heavy atom. The van der Waals surface area contributed by atoms with Crippen molar-refractivity contribution in [2.45, 2.75) is 23.0 Å². The molecule has 0 aliphatic heterocycles. The van der Waals surface area contributed by atoms with Crippen LogP contribution in [-0.2, 0) is 4.79 Å². The number of aromatic nitrogens is 1. The Kier molecular flexibility index (Phi) is 3.81. The van der Waals surface area contributed by atoms with Crippen molar-refractivity contribution in [1.29, 1.82) is 0 Å². The molecule has 3 nitrogen and oxygen atoms in total. The van der Waals surface area contributed by atoms with Crippen molar-refractivity contribution in [3.8, 4) is 0 Å². The molecule has 0 saturated heterocycles. The summed E-state index contributed by atoms with van der Waals surface area (Å²) < 4.78 is 1.07. The zero-order valence-electron chi connectivity index (χ0n) is 9.56. The molecule has 5 heteroatoms. The first-order valence-corrected chi connectivity index (χ1v) is 6.75. The van der Waals surface area contributed by atoms with E-state index in [1.54, 1.807) is 18.0 Å². The van der Waals surface area contributed by atoms with Gasteiger partial charge in [0.1, 0.15) is 0 Å². The van der Waals surface area contributed by atoms with Crippen LogP contribution in [0.3, 0.4) is 0 Å². The monoisotopic (exact) mass is 264 g/mol. The summed E-state index contributed by atoms with van der Waals surface area (Å²) >= 11 is 3.13. The number of anilines is 1. The Morgan fingerprint density at radius 3 is 2.71 bits per heavy atom. The Balaban J connectivity index is 2.06. The molecule has 1 amide bonds. The molecule has 2 aromatic rings. The zero-order chi connectivity index (χ0) is 12.3. The molecular weight excluding hydrogens is 252 g/mol. The van der Waals surface area contributed by atoms with Crippen LogP contribution >= 0.6 is 23.1 Å². The summed E-state index contributed by atoms with van der Waals surface area (Å²) in [5.41, 5.74) is 1.25. The number of nitrogens with one attached hydrogen (secondary N) is 1. The highest BCUT2D eigenvalue weighted by molar-refractivity contribution is 8.01. The first-order chi connectivity index (χ1) is 8.13. The molecule has 0 bridgehead atoms. The lowest BCUT2D eigenvalue weighted by atomic mass is 10.2. The van der Waals surface area contributed by atoms with Gasteiger partial charge in [-0.2, -0.15) is 0 Å². The van der Waals surface area contributed by atoms with Gasteiger partial charge in [0.15, 0.2) is 5.13 Å². The molecular formula is C12H12N2OS2. The summed E-state index contributed by atoms with van der Waals surface area (Å²) in [5.74, 6) is -0.0914. The van der Waals surface area contributed by atoms with Crippen LogP contribution in [-0.4, -0.2) is 10.9 Å². The van der Waals surface area contributed by atoms with Gasteiger partial charge in [-0.05, 0) is 19.1 Å². The average Bonchev–Trinajstić information content (AvgIpc) is 2.68. The minimum Gasteiger partial charge on any atom is -0.302 e. The summed E-state index contributed by atoms with van der Waals surface area (Å²) in [7, 11) is 0. The van der Waals surface area contributed by atoms with Crippen molar-refractivity contribution >= 4 is 34.1 Å². The van der Waals surface area contributed by atoms with Crippen molar-refractivity contribution in [2.75, 3.05) is 5.32 Å². The van der Waals surface area contributed by atoms with Gasteiger partial charge in [-0.25, -0.2) is 4.98 Å². The van der Waals surface area contributed by atoms with E-state index < -0.39 is 0 Å². The van der Waals surface area contributed by atoms with Crippen molar-refractivity contribution < 1.29 is 4.79 Å². The van der Waals surface area contributed by atoms with Gasteiger partial charge >= 0.3 is 0 Å². The molecule has 0 saturated carbocycles. The first-order valence-electron chi connectivity index (χ1n) is 5.11. The van der Waals surface area contributed by atoms with Crippen LogP contribution in [0.25, 0.3) is 0 Å². The number of hydrogen-bond donors (Lipinski definition) is 1. The number of carbonyl (C=O) groups excluding carboxylic acids is 1. The summed E-state index contributed by atoms with van der Waals surface area (Å²) in [5, 5.41) is 3.32. The van der Waals surface area contributed by atoms with Gasteiger partial charge in [-0.15, -0.1) is 0 Å². The maximum Gasteiger partial charge on any atom is 0.223 e. The molecule has 0 radical (unpaired) electrons. The van der Waals surface area contributed by atoms with E-state index in [0.717, 1.165) is 4.21 Å². The number of aryl methyl sites for hydroxylation is 1. The largest absolute Gasteiger partial charge is 0.302 e. The third kappa shape index (κ3) is 3.57. The minimum absolute atomic E-state index is 0.0914. The van der Waals surface area contributed by atoms with Crippen LogP contribution in [0.5, 0.6) is 0 Å². The number of rotatable bonds is 3. The van der Waals surface area contributed by atoms with E-state index in [0.29, 0.717) is 5.13 Å². The fourth-order valence-corrected chi connectivity index (χ4v) is 3.14. The highest BCUT2D eigenvalue weighted by atomic mass is 32.2. The summed E-state index contributed by atoms with van der Waals surface area (Å²) in [6, 6.07) is 8.33. The lowest BCUT2D eigenvalue weighted by Gasteiger charge is -1.98. The fraction of sp³-hybridized carbons (Fsp3) is 0.167. The van der Waals surface area contributed by atoms with E-state index in [4.69, 9.17) is 0 Å². The van der Waals surface area contributed by atoms with E-state index in [2.05, 4.69) is 41.5 Å². The van der Waals surface area contributed by atoms with Gasteiger partial charge in [0.05, 0.1) is 10.4 Å². The molecule has 0 atom stereocenters. The van der Waals surface area contributed by atoms with E-state index in [1.807, 2.05) is 0 Å². The summed E-state index contributed by atoms with van der Waals surface area (Å²) in [4.78, 5) is 16.2. The lowest BCUT2D eigenvalue weighted by molar-refractivity contribution is -0.114. The number of carbonyl (C=O) groups is 1. The number of hydrogen-bond acceptors (Lipinski definition) is 4. The predicted molar refractivity (Wildman–Crippen MR) is 71.7 cm³/mol. The van der Waals surface area contributed by atoms with E-state index in [9.17, 15) is 4.79 Å². The first kappa shape index (κ1) is 12.1. The zero-order valence-corrected chi connectivity index (χ0v) is 11.2. The van der Waals surface area contributed by atoms with Crippen LogP contribution in [0.15, 0.2) is 39.6 Å². The molecule has 2 rings (SSSR count). The van der Waals surface area contributed by atoms with Crippen molar-refractivity contribution in [2.24, 2.45) is 0 Å². The van der Waals surface area contributed by atoms with E-state index in [-0.39, 0.29) is 5.91 Å². The SMILES string of the molecule is CC(=O)Nc1ncc(Sc2ccc(C)cc2)s1. The van der Waals surface area contributed by atoms with Crippen molar-refractivity contribution in [3.05, 3.63) is 36.0 Å². The van der Waals surface area contributed by atoms with Crippen LogP contribution in [0.2, 0.25) is 0 Å². The summed E-state index contributed by atoms with van der Waals surface area (Å²) in [6.45, 7) is 3.55. The molecule has 0 fully saturated rings. The fourth-order valence-electron chi connectivity index (χ4n) is 1.24.